The topological polar surface area (TPSA) is 88.3 Å². The minimum Gasteiger partial charge on any atom is -0.369 e. The third-order valence-corrected chi connectivity index (χ3v) is 3.92. The van der Waals surface area contributed by atoms with Gasteiger partial charge in [-0.1, -0.05) is 23.2 Å². The molecular weight excluding hydrogens is 315 g/mol. The molecule has 3 N–H and O–H groups in total. The Labute approximate surface area is 132 Å². The van der Waals surface area contributed by atoms with Crippen molar-refractivity contribution in [1.82, 2.24) is 9.88 Å². The summed E-state index contributed by atoms with van der Waals surface area (Å²) in [5.41, 5.74) is 5.27. The van der Waals surface area contributed by atoms with E-state index in [0.717, 1.165) is 0 Å². The number of likely N-dealkylation sites (tertiary alicyclic amines) is 1. The van der Waals surface area contributed by atoms with E-state index in [-0.39, 0.29) is 30.1 Å². The molecule has 2 rings (SSSR count). The zero-order valence-corrected chi connectivity index (χ0v) is 12.8. The molecule has 8 heteroatoms. The Morgan fingerprint density at radius 1 is 1.38 bits per heavy atom. The first-order valence-electron chi connectivity index (χ1n) is 6.58. The van der Waals surface area contributed by atoms with Crippen molar-refractivity contribution >= 4 is 40.8 Å². The molecule has 2 heterocycles. The number of piperidine rings is 1. The van der Waals surface area contributed by atoms with E-state index in [4.69, 9.17) is 28.9 Å². The van der Waals surface area contributed by atoms with E-state index < -0.39 is 0 Å². The van der Waals surface area contributed by atoms with Gasteiger partial charge in [-0.05, 0) is 32.0 Å². The Bertz CT molecular complexity index is 545. The van der Waals surface area contributed by atoms with E-state index in [0.29, 0.717) is 36.0 Å². The first kappa shape index (κ1) is 16.0. The van der Waals surface area contributed by atoms with Crippen LogP contribution in [0.25, 0.3) is 0 Å². The molecule has 1 aromatic heterocycles. The molecule has 0 bridgehead atoms. The molecule has 1 aliphatic heterocycles. The van der Waals surface area contributed by atoms with E-state index in [1.54, 1.807) is 0 Å². The number of halogens is 2. The van der Waals surface area contributed by atoms with Crippen molar-refractivity contribution in [3.05, 3.63) is 22.3 Å². The highest BCUT2D eigenvalue weighted by molar-refractivity contribution is 6.36. The fourth-order valence-electron chi connectivity index (χ4n) is 2.26. The molecule has 1 aliphatic rings. The van der Waals surface area contributed by atoms with E-state index >= 15 is 0 Å². The molecule has 1 fully saturated rings. The van der Waals surface area contributed by atoms with Crippen molar-refractivity contribution < 1.29 is 9.59 Å². The van der Waals surface area contributed by atoms with E-state index in [9.17, 15) is 9.59 Å². The molecule has 0 aromatic carbocycles. The second-order valence-corrected chi connectivity index (χ2v) is 5.83. The number of carbonyl (C=O) groups excluding carboxylic acids is 2. The van der Waals surface area contributed by atoms with Crippen LogP contribution in [0, 0.1) is 5.92 Å². The SMILES string of the molecule is NC(=O)C1CCN(CC(=O)Nc2ncc(Cl)cc2Cl)CC1. The van der Waals surface area contributed by atoms with E-state index in [1.165, 1.54) is 12.3 Å². The Morgan fingerprint density at radius 2 is 2.05 bits per heavy atom. The van der Waals surface area contributed by atoms with E-state index in [2.05, 4.69) is 10.3 Å². The number of primary amides is 1. The first-order chi connectivity index (χ1) is 9.95. The summed E-state index contributed by atoms with van der Waals surface area (Å²) in [4.78, 5) is 29.0. The maximum atomic E-state index is 12.0. The molecule has 0 spiro atoms. The van der Waals surface area contributed by atoms with Crippen LogP contribution in [0.1, 0.15) is 12.8 Å². The van der Waals surface area contributed by atoms with Crippen LogP contribution in [0.4, 0.5) is 5.82 Å². The van der Waals surface area contributed by atoms with Crippen LogP contribution < -0.4 is 11.1 Å². The molecule has 0 radical (unpaired) electrons. The molecule has 0 unspecified atom stereocenters. The van der Waals surface area contributed by atoms with Gasteiger partial charge >= 0.3 is 0 Å². The summed E-state index contributed by atoms with van der Waals surface area (Å²) in [6.45, 7) is 1.57. The summed E-state index contributed by atoms with van der Waals surface area (Å²) in [6, 6.07) is 1.52. The number of nitrogens with zero attached hydrogens (tertiary/aromatic N) is 2. The molecule has 2 amide bonds. The quantitative estimate of drug-likeness (QED) is 0.876. The highest BCUT2D eigenvalue weighted by Crippen LogP contribution is 2.22. The number of carbonyl (C=O) groups is 2. The molecule has 0 aliphatic carbocycles. The second kappa shape index (κ2) is 7.06. The number of aromatic nitrogens is 1. The van der Waals surface area contributed by atoms with Crippen molar-refractivity contribution in [1.29, 1.82) is 0 Å². The molecule has 1 saturated heterocycles. The molecular formula is C13H16Cl2N4O2. The molecule has 6 nitrogen and oxygen atoms in total. The van der Waals surface area contributed by atoms with Gasteiger partial charge in [0.05, 0.1) is 16.6 Å². The minimum absolute atomic E-state index is 0.0864. The first-order valence-corrected chi connectivity index (χ1v) is 7.34. The highest BCUT2D eigenvalue weighted by atomic mass is 35.5. The van der Waals surface area contributed by atoms with Gasteiger partial charge in [-0.25, -0.2) is 4.98 Å². The third-order valence-electron chi connectivity index (χ3n) is 3.42. The van der Waals surface area contributed by atoms with Gasteiger partial charge in [-0.2, -0.15) is 0 Å². The number of anilines is 1. The standard InChI is InChI=1S/C13H16Cl2N4O2/c14-9-5-10(15)13(17-6-9)18-11(20)7-19-3-1-8(2-4-19)12(16)21/h5-6,8H,1-4,7H2,(H2,16,21)(H,17,18,20). The normalized spacial score (nSPS) is 16.7. The number of nitrogens with two attached hydrogens (primary N) is 1. The molecule has 0 atom stereocenters. The fourth-order valence-corrected chi connectivity index (χ4v) is 2.68. The zero-order valence-electron chi connectivity index (χ0n) is 11.3. The van der Waals surface area contributed by atoms with Gasteiger partial charge in [0.15, 0.2) is 5.82 Å². The number of nitrogens with one attached hydrogen (secondary N) is 1. The van der Waals surface area contributed by atoms with Gasteiger partial charge in [-0.15, -0.1) is 0 Å². The summed E-state index contributed by atoms with van der Waals surface area (Å²) < 4.78 is 0. The number of hydrogen-bond donors (Lipinski definition) is 2. The van der Waals surface area contributed by atoms with Crippen molar-refractivity contribution in [2.45, 2.75) is 12.8 Å². The molecule has 21 heavy (non-hydrogen) atoms. The van der Waals surface area contributed by atoms with Crippen LogP contribution in [0.5, 0.6) is 0 Å². The largest absolute Gasteiger partial charge is 0.369 e. The van der Waals surface area contributed by atoms with Crippen molar-refractivity contribution in [2.24, 2.45) is 11.7 Å². The summed E-state index contributed by atoms with van der Waals surface area (Å²) in [7, 11) is 0. The van der Waals surface area contributed by atoms with Gasteiger partial charge in [0, 0.05) is 12.1 Å². The number of amides is 2. The number of hydrogen-bond acceptors (Lipinski definition) is 4. The lowest BCUT2D eigenvalue weighted by Gasteiger charge is -2.29. The molecule has 1 aromatic rings. The van der Waals surface area contributed by atoms with Crippen LogP contribution in [0.3, 0.4) is 0 Å². The smallest absolute Gasteiger partial charge is 0.239 e. The maximum Gasteiger partial charge on any atom is 0.239 e. The summed E-state index contributed by atoms with van der Waals surface area (Å²) in [5, 5.41) is 3.35. The predicted molar refractivity (Wildman–Crippen MR) is 81.2 cm³/mol. The summed E-state index contributed by atoms with van der Waals surface area (Å²) in [6.07, 6.45) is 2.78. The average molecular weight is 331 g/mol. The lowest BCUT2D eigenvalue weighted by molar-refractivity contribution is -0.123. The monoisotopic (exact) mass is 330 g/mol. The van der Waals surface area contributed by atoms with Crippen LogP contribution in [-0.4, -0.2) is 41.3 Å². The maximum absolute atomic E-state index is 12.0. The zero-order chi connectivity index (χ0) is 15.4. The van der Waals surface area contributed by atoms with Gasteiger partial charge in [0.25, 0.3) is 0 Å². The van der Waals surface area contributed by atoms with Gasteiger partial charge < -0.3 is 11.1 Å². The van der Waals surface area contributed by atoms with Crippen LogP contribution >= 0.6 is 23.2 Å². The summed E-state index contributed by atoms with van der Waals surface area (Å²) in [5.74, 6) is -0.268. The predicted octanol–water partition coefficient (Wildman–Crippen LogP) is 1.52. The Morgan fingerprint density at radius 3 is 2.62 bits per heavy atom. The van der Waals surface area contributed by atoms with Crippen molar-refractivity contribution in [2.75, 3.05) is 25.0 Å². The van der Waals surface area contributed by atoms with Crippen LogP contribution in [0.2, 0.25) is 10.0 Å². The number of pyridine rings is 1. The van der Waals surface area contributed by atoms with Crippen molar-refractivity contribution in [3.8, 4) is 0 Å². The average Bonchev–Trinajstić information content (AvgIpc) is 2.42. The lowest BCUT2D eigenvalue weighted by Crippen LogP contribution is -2.42. The lowest BCUT2D eigenvalue weighted by atomic mass is 9.96. The highest BCUT2D eigenvalue weighted by Gasteiger charge is 2.24. The second-order valence-electron chi connectivity index (χ2n) is 4.98. The van der Waals surface area contributed by atoms with E-state index in [1.807, 2.05) is 4.90 Å². The molecule has 114 valence electrons. The van der Waals surface area contributed by atoms with Gasteiger partial charge in [-0.3, -0.25) is 14.5 Å². The van der Waals surface area contributed by atoms with Gasteiger partial charge in [0.2, 0.25) is 11.8 Å². The number of rotatable bonds is 4. The van der Waals surface area contributed by atoms with Gasteiger partial charge in [0.1, 0.15) is 0 Å². The fraction of sp³-hybridized carbons (Fsp3) is 0.462. The third kappa shape index (κ3) is 4.56. The van der Waals surface area contributed by atoms with Crippen LogP contribution in [0.15, 0.2) is 12.3 Å². The minimum atomic E-state index is -0.267. The summed E-state index contributed by atoms with van der Waals surface area (Å²) >= 11 is 11.7. The Kier molecular flexibility index (Phi) is 5.39. The Hall–Kier alpha value is -1.37. The van der Waals surface area contributed by atoms with Crippen molar-refractivity contribution in [3.63, 3.8) is 0 Å². The molecule has 0 saturated carbocycles. The Balaban J connectivity index is 1.84. The van der Waals surface area contributed by atoms with Crippen LogP contribution in [-0.2, 0) is 9.59 Å².